The molecule has 0 aliphatic carbocycles. The summed E-state index contributed by atoms with van der Waals surface area (Å²) >= 11 is 0. The third-order valence-electron chi connectivity index (χ3n) is 3.63. The second kappa shape index (κ2) is 4.53. The summed E-state index contributed by atoms with van der Waals surface area (Å²) in [4.78, 5) is 13.3. The Hall–Kier alpha value is -1.29. The Morgan fingerprint density at radius 3 is 2.94 bits per heavy atom. The Kier molecular flexibility index (Phi) is 3.24. The van der Waals surface area contributed by atoms with E-state index in [9.17, 15) is 4.79 Å². The van der Waals surface area contributed by atoms with Gasteiger partial charge in [-0.05, 0) is 45.4 Å². The fraction of sp³-hybridized carbons (Fsp3) is 0.615. The molecule has 1 aliphatic rings. The zero-order chi connectivity index (χ0) is 12.5. The van der Waals surface area contributed by atoms with Crippen molar-refractivity contribution < 1.29 is 14.3 Å². The van der Waals surface area contributed by atoms with Crippen LogP contribution in [-0.4, -0.2) is 28.1 Å². The molecule has 1 aromatic heterocycles. The largest absolute Gasteiger partial charge is 0.481 e. The summed E-state index contributed by atoms with van der Waals surface area (Å²) in [5.41, 5.74) is -0.0892. The van der Waals surface area contributed by atoms with Gasteiger partial charge in [-0.3, -0.25) is 9.69 Å². The van der Waals surface area contributed by atoms with Crippen LogP contribution in [0.2, 0.25) is 0 Å². The number of hydrogen-bond acceptors (Lipinski definition) is 3. The lowest BCUT2D eigenvalue weighted by Crippen LogP contribution is -2.50. The summed E-state index contributed by atoms with van der Waals surface area (Å²) in [5, 5.41) is 9.08. The molecule has 0 spiro atoms. The van der Waals surface area contributed by atoms with Gasteiger partial charge in [-0.2, -0.15) is 0 Å². The zero-order valence-electron chi connectivity index (χ0n) is 10.3. The maximum Gasteiger partial charge on any atom is 0.306 e. The number of furan rings is 1. The molecule has 1 atom stereocenters. The molecule has 1 saturated heterocycles. The first-order chi connectivity index (χ1) is 7.99. The van der Waals surface area contributed by atoms with Gasteiger partial charge < -0.3 is 9.52 Å². The lowest BCUT2D eigenvalue weighted by molar-refractivity contribution is -0.145. The lowest BCUT2D eigenvalue weighted by atomic mass is 9.82. The minimum absolute atomic E-state index is 0.0892. The van der Waals surface area contributed by atoms with E-state index in [0.717, 1.165) is 25.3 Å². The smallest absolute Gasteiger partial charge is 0.306 e. The molecule has 1 aromatic rings. The van der Waals surface area contributed by atoms with E-state index >= 15 is 0 Å². The van der Waals surface area contributed by atoms with Crippen LogP contribution in [0.25, 0.3) is 0 Å². The molecule has 0 saturated carbocycles. The normalized spacial score (nSPS) is 24.7. The molecule has 0 bridgehead atoms. The molecule has 0 radical (unpaired) electrons. The molecule has 1 N–H and O–H groups in total. The molecule has 1 aliphatic heterocycles. The first kappa shape index (κ1) is 12.2. The van der Waals surface area contributed by atoms with Crippen molar-refractivity contribution in [3.05, 3.63) is 24.2 Å². The number of carboxylic acids is 1. The van der Waals surface area contributed by atoms with Crippen molar-refractivity contribution in [3.63, 3.8) is 0 Å². The number of piperidine rings is 1. The fourth-order valence-electron chi connectivity index (χ4n) is 2.54. The van der Waals surface area contributed by atoms with Crippen molar-refractivity contribution in [2.45, 2.75) is 38.8 Å². The highest BCUT2D eigenvalue weighted by Gasteiger charge is 2.37. The van der Waals surface area contributed by atoms with Crippen molar-refractivity contribution in [1.29, 1.82) is 0 Å². The second-order valence-electron chi connectivity index (χ2n) is 5.34. The SMILES string of the molecule is CC1(C)CC(C(=O)O)CCN1Cc1ccco1. The topological polar surface area (TPSA) is 53.7 Å². The highest BCUT2D eigenvalue weighted by atomic mass is 16.4. The number of nitrogens with zero attached hydrogens (tertiary/aromatic N) is 1. The Morgan fingerprint density at radius 1 is 1.65 bits per heavy atom. The maximum atomic E-state index is 11.0. The van der Waals surface area contributed by atoms with Gasteiger partial charge >= 0.3 is 5.97 Å². The lowest BCUT2D eigenvalue weighted by Gasteiger charge is -2.44. The van der Waals surface area contributed by atoms with Crippen LogP contribution in [0.4, 0.5) is 0 Å². The van der Waals surface area contributed by atoms with Gasteiger partial charge in [0, 0.05) is 5.54 Å². The first-order valence-corrected chi connectivity index (χ1v) is 5.99. The van der Waals surface area contributed by atoms with Crippen LogP contribution in [0.5, 0.6) is 0 Å². The van der Waals surface area contributed by atoms with Gasteiger partial charge in [0.2, 0.25) is 0 Å². The van der Waals surface area contributed by atoms with Crippen molar-refractivity contribution in [3.8, 4) is 0 Å². The third-order valence-corrected chi connectivity index (χ3v) is 3.63. The minimum Gasteiger partial charge on any atom is -0.481 e. The molecule has 0 aromatic carbocycles. The van der Waals surface area contributed by atoms with Gasteiger partial charge in [0.25, 0.3) is 0 Å². The van der Waals surface area contributed by atoms with E-state index in [-0.39, 0.29) is 11.5 Å². The molecule has 4 heteroatoms. The van der Waals surface area contributed by atoms with Crippen molar-refractivity contribution in [2.24, 2.45) is 5.92 Å². The maximum absolute atomic E-state index is 11.0. The monoisotopic (exact) mass is 237 g/mol. The van der Waals surface area contributed by atoms with Crippen molar-refractivity contribution in [1.82, 2.24) is 4.90 Å². The van der Waals surface area contributed by atoms with E-state index in [2.05, 4.69) is 18.7 Å². The van der Waals surface area contributed by atoms with Gasteiger partial charge in [0.15, 0.2) is 0 Å². The quantitative estimate of drug-likeness (QED) is 0.876. The average Bonchev–Trinajstić information content (AvgIpc) is 2.73. The fourth-order valence-corrected chi connectivity index (χ4v) is 2.54. The Bertz CT molecular complexity index is 383. The summed E-state index contributed by atoms with van der Waals surface area (Å²) < 4.78 is 5.35. The summed E-state index contributed by atoms with van der Waals surface area (Å²) in [5.74, 6) is 0.0559. The second-order valence-corrected chi connectivity index (χ2v) is 5.34. The van der Waals surface area contributed by atoms with E-state index in [4.69, 9.17) is 9.52 Å². The molecule has 2 heterocycles. The highest BCUT2D eigenvalue weighted by molar-refractivity contribution is 5.70. The van der Waals surface area contributed by atoms with E-state index in [1.54, 1.807) is 6.26 Å². The number of hydrogen-bond donors (Lipinski definition) is 1. The molecule has 17 heavy (non-hydrogen) atoms. The number of likely N-dealkylation sites (tertiary alicyclic amines) is 1. The summed E-state index contributed by atoms with van der Waals surface area (Å²) in [6, 6.07) is 3.84. The first-order valence-electron chi connectivity index (χ1n) is 5.99. The van der Waals surface area contributed by atoms with Gasteiger partial charge in [-0.15, -0.1) is 0 Å². The van der Waals surface area contributed by atoms with Crippen molar-refractivity contribution in [2.75, 3.05) is 6.54 Å². The Balaban J connectivity index is 2.03. The van der Waals surface area contributed by atoms with Crippen molar-refractivity contribution >= 4 is 5.97 Å². The molecular formula is C13H19NO3. The number of carboxylic acid groups (broad SMARTS) is 1. The Morgan fingerprint density at radius 2 is 2.41 bits per heavy atom. The predicted molar refractivity (Wildman–Crippen MR) is 63.6 cm³/mol. The summed E-state index contributed by atoms with van der Waals surface area (Å²) in [6.07, 6.45) is 3.09. The molecule has 1 fully saturated rings. The van der Waals surface area contributed by atoms with E-state index in [1.807, 2.05) is 12.1 Å². The molecule has 1 unspecified atom stereocenters. The molecule has 4 nitrogen and oxygen atoms in total. The van der Waals surface area contributed by atoms with Gasteiger partial charge in [-0.25, -0.2) is 0 Å². The highest BCUT2D eigenvalue weighted by Crippen LogP contribution is 2.32. The van der Waals surface area contributed by atoms with E-state index < -0.39 is 5.97 Å². The van der Waals surface area contributed by atoms with E-state index in [1.165, 1.54) is 0 Å². The Labute approximate surface area is 101 Å². The molecular weight excluding hydrogens is 218 g/mol. The minimum atomic E-state index is -0.671. The third kappa shape index (κ3) is 2.69. The summed E-state index contributed by atoms with van der Waals surface area (Å²) in [6.45, 7) is 5.77. The van der Waals surface area contributed by atoms with Crippen LogP contribution in [0, 0.1) is 5.92 Å². The summed E-state index contributed by atoms with van der Waals surface area (Å²) in [7, 11) is 0. The molecule has 94 valence electrons. The standard InChI is InChI=1S/C13H19NO3/c1-13(2)8-10(12(15)16)5-6-14(13)9-11-4-3-7-17-11/h3-4,7,10H,5-6,8-9H2,1-2H3,(H,15,16). The van der Waals surface area contributed by atoms with Gasteiger partial charge in [-0.1, -0.05) is 0 Å². The van der Waals surface area contributed by atoms with Crippen LogP contribution in [0.3, 0.4) is 0 Å². The van der Waals surface area contributed by atoms with Crippen LogP contribution >= 0.6 is 0 Å². The zero-order valence-corrected chi connectivity index (χ0v) is 10.3. The van der Waals surface area contributed by atoms with Gasteiger partial charge in [0.05, 0.1) is 18.7 Å². The molecule has 0 amide bonds. The van der Waals surface area contributed by atoms with Gasteiger partial charge in [0.1, 0.15) is 5.76 Å². The number of aliphatic carboxylic acids is 1. The van der Waals surface area contributed by atoms with Crippen LogP contribution in [0.15, 0.2) is 22.8 Å². The molecule has 2 rings (SSSR count). The van der Waals surface area contributed by atoms with E-state index in [0.29, 0.717) is 6.42 Å². The number of carbonyl (C=O) groups is 1. The average molecular weight is 237 g/mol. The number of rotatable bonds is 3. The predicted octanol–water partition coefficient (Wildman–Crippen LogP) is 2.35. The van der Waals surface area contributed by atoms with Crippen LogP contribution in [0.1, 0.15) is 32.4 Å². The van der Waals surface area contributed by atoms with Crippen LogP contribution in [-0.2, 0) is 11.3 Å². The van der Waals surface area contributed by atoms with Crippen LogP contribution < -0.4 is 0 Å².